The minimum Gasteiger partial charge on any atom is -0.486 e. The molecule has 40 heavy (non-hydrogen) atoms. The highest BCUT2D eigenvalue weighted by atomic mass is 32.1. The third-order valence-corrected chi connectivity index (χ3v) is 7.94. The monoisotopic (exact) mass is 559 g/mol. The summed E-state index contributed by atoms with van der Waals surface area (Å²) in [7, 11) is 0. The van der Waals surface area contributed by atoms with Gasteiger partial charge in [-0.25, -0.2) is 0 Å². The van der Waals surface area contributed by atoms with Gasteiger partial charge in [0.1, 0.15) is 24.8 Å². The van der Waals surface area contributed by atoms with E-state index >= 15 is 0 Å². The summed E-state index contributed by atoms with van der Waals surface area (Å²) in [6.45, 7) is 9.72. The first kappa shape index (κ1) is 26.4. The third kappa shape index (κ3) is 6.33. The average molecular weight is 560 g/mol. The van der Waals surface area contributed by atoms with Crippen molar-refractivity contribution in [1.82, 2.24) is 15.3 Å². The molecule has 1 atom stereocenters. The number of nitrogens with one attached hydrogen (secondary N) is 2. The fourth-order valence-corrected chi connectivity index (χ4v) is 5.72. The van der Waals surface area contributed by atoms with Crippen molar-refractivity contribution in [2.24, 2.45) is 5.92 Å². The Hall–Kier alpha value is -3.79. The minimum absolute atomic E-state index is 0.485. The van der Waals surface area contributed by atoms with Gasteiger partial charge in [-0.3, -0.25) is 0 Å². The molecule has 2 aromatic carbocycles. The van der Waals surface area contributed by atoms with Crippen LogP contribution >= 0.6 is 12.2 Å². The molecule has 0 aliphatic carbocycles. The second kappa shape index (κ2) is 12.2. The smallest absolute Gasteiger partial charge is 0.232 e. The van der Waals surface area contributed by atoms with Crippen LogP contribution in [-0.2, 0) is 6.54 Å². The van der Waals surface area contributed by atoms with Crippen LogP contribution in [0.15, 0.2) is 54.6 Å². The van der Waals surface area contributed by atoms with Crippen molar-refractivity contribution in [2.45, 2.75) is 26.3 Å². The maximum absolute atomic E-state index is 5.71. The molecule has 3 aliphatic rings. The molecule has 4 heterocycles. The highest BCUT2D eigenvalue weighted by Crippen LogP contribution is 2.31. The van der Waals surface area contributed by atoms with Crippen LogP contribution in [0.25, 0.3) is 0 Å². The summed E-state index contributed by atoms with van der Waals surface area (Å²) in [5.74, 6) is 4.62. The number of benzene rings is 2. The van der Waals surface area contributed by atoms with Crippen LogP contribution in [0.3, 0.4) is 0 Å². The van der Waals surface area contributed by atoms with Gasteiger partial charge in [0.15, 0.2) is 16.6 Å². The predicted octanol–water partition coefficient (Wildman–Crippen LogP) is 4.30. The number of thiocarbonyl (C=S) groups is 1. The molecule has 0 saturated carbocycles. The quantitative estimate of drug-likeness (QED) is 0.427. The Bertz CT molecular complexity index is 1320. The molecule has 2 fully saturated rings. The second-order valence-corrected chi connectivity index (χ2v) is 11.1. The summed E-state index contributed by atoms with van der Waals surface area (Å²) in [5, 5.41) is 7.04. The zero-order valence-corrected chi connectivity index (χ0v) is 23.8. The Morgan fingerprint density at radius 1 is 0.875 bits per heavy atom. The van der Waals surface area contributed by atoms with Gasteiger partial charge in [-0.2, -0.15) is 9.97 Å². The zero-order valence-electron chi connectivity index (χ0n) is 23.0. The fourth-order valence-electron chi connectivity index (χ4n) is 5.56. The van der Waals surface area contributed by atoms with Crippen molar-refractivity contribution in [3.63, 3.8) is 0 Å². The molecule has 0 bridgehead atoms. The molecule has 1 aromatic heterocycles. The number of hydrogen-bond donors (Lipinski definition) is 2. The molecule has 0 radical (unpaired) electrons. The normalized spacial score (nSPS) is 18.8. The van der Waals surface area contributed by atoms with Gasteiger partial charge in [-0.15, -0.1) is 0 Å². The second-order valence-electron chi connectivity index (χ2n) is 10.7. The summed E-state index contributed by atoms with van der Waals surface area (Å²) in [5.41, 5.74) is 2.33. The van der Waals surface area contributed by atoms with E-state index in [1.165, 1.54) is 18.5 Å². The topological polar surface area (TPSA) is 78.0 Å². The van der Waals surface area contributed by atoms with Gasteiger partial charge in [0.05, 0.1) is 0 Å². The average Bonchev–Trinajstić information content (AvgIpc) is 3.00. The van der Waals surface area contributed by atoms with E-state index in [0.717, 1.165) is 68.0 Å². The van der Waals surface area contributed by atoms with Gasteiger partial charge in [0.2, 0.25) is 5.95 Å². The molecule has 1 unspecified atom stereocenters. The number of ether oxygens (including phenoxy) is 2. The minimum atomic E-state index is 0.485. The molecule has 6 rings (SSSR count). The van der Waals surface area contributed by atoms with Crippen LogP contribution < -0.4 is 34.8 Å². The van der Waals surface area contributed by atoms with E-state index in [-0.39, 0.29) is 0 Å². The molecule has 0 amide bonds. The SMILES string of the molecule is CC1CCCN(c2cc(N3CCN(c4ccccc4)CC3)nc(NC(=S)NCc3ccc4c(c3)OCCO4)n2)C1. The summed E-state index contributed by atoms with van der Waals surface area (Å²) in [6.07, 6.45) is 2.43. The van der Waals surface area contributed by atoms with Crippen LogP contribution in [0.1, 0.15) is 25.3 Å². The van der Waals surface area contributed by atoms with Crippen molar-refractivity contribution < 1.29 is 9.47 Å². The largest absolute Gasteiger partial charge is 0.486 e. The van der Waals surface area contributed by atoms with Gasteiger partial charge in [-0.1, -0.05) is 31.2 Å². The Balaban J connectivity index is 1.15. The van der Waals surface area contributed by atoms with E-state index in [4.69, 9.17) is 31.7 Å². The van der Waals surface area contributed by atoms with E-state index in [1.54, 1.807) is 0 Å². The van der Waals surface area contributed by atoms with Crippen molar-refractivity contribution in [3.05, 3.63) is 60.2 Å². The van der Waals surface area contributed by atoms with Crippen LogP contribution in [0.2, 0.25) is 0 Å². The molecule has 210 valence electrons. The molecule has 3 aromatic rings. The maximum Gasteiger partial charge on any atom is 0.232 e. The number of hydrogen-bond acceptors (Lipinski definition) is 8. The highest BCUT2D eigenvalue weighted by molar-refractivity contribution is 7.80. The number of piperazine rings is 1. The molecule has 0 spiro atoms. The maximum atomic E-state index is 5.71. The summed E-state index contributed by atoms with van der Waals surface area (Å²) >= 11 is 5.65. The Morgan fingerprint density at radius 2 is 1.60 bits per heavy atom. The number of anilines is 4. The lowest BCUT2D eigenvalue weighted by molar-refractivity contribution is 0.171. The van der Waals surface area contributed by atoms with E-state index in [9.17, 15) is 0 Å². The molecule has 3 aliphatic heterocycles. The predicted molar refractivity (Wildman–Crippen MR) is 164 cm³/mol. The lowest BCUT2D eigenvalue weighted by atomic mass is 10.0. The van der Waals surface area contributed by atoms with Gasteiger partial charge >= 0.3 is 0 Å². The number of piperidine rings is 1. The van der Waals surface area contributed by atoms with E-state index in [1.807, 2.05) is 18.2 Å². The standard InChI is InChI=1S/C30H37N7O2S/c1-22-6-5-11-37(21-22)28-19-27(36-14-12-35(13-15-36)24-7-3-2-4-8-24)32-29(33-28)34-30(40)31-20-23-9-10-25-26(18-23)39-17-16-38-25/h2-4,7-10,18-19,22H,5-6,11-17,20-21H2,1H3,(H2,31,32,33,34,40). The molecule has 2 N–H and O–H groups in total. The van der Waals surface area contributed by atoms with Gasteiger partial charge < -0.3 is 34.8 Å². The van der Waals surface area contributed by atoms with Gasteiger partial charge in [0, 0.05) is 57.6 Å². The summed E-state index contributed by atoms with van der Waals surface area (Å²) in [4.78, 5) is 17.0. The highest BCUT2D eigenvalue weighted by Gasteiger charge is 2.23. The number of fused-ring (bicyclic) bond motifs is 1. The number of rotatable bonds is 6. The lowest BCUT2D eigenvalue weighted by Crippen LogP contribution is -2.47. The first-order valence-corrected chi connectivity index (χ1v) is 14.6. The number of nitrogens with zero attached hydrogens (tertiary/aromatic N) is 5. The molecule has 10 heteroatoms. The van der Waals surface area contributed by atoms with Gasteiger partial charge in [-0.05, 0) is 60.8 Å². The number of para-hydroxylation sites is 1. The van der Waals surface area contributed by atoms with E-state index < -0.39 is 0 Å². The lowest BCUT2D eigenvalue weighted by Gasteiger charge is -2.37. The van der Waals surface area contributed by atoms with Gasteiger partial charge in [0.25, 0.3) is 0 Å². The Labute approximate surface area is 241 Å². The van der Waals surface area contributed by atoms with E-state index in [2.05, 4.69) is 68.7 Å². The van der Waals surface area contributed by atoms with Crippen LogP contribution in [0.4, 0.5) is 23.3 Å². The Morgan fingerprint density at radius 3 is 2.38 bits per heavy atom. The van der Waals surface area contributed by atoms with Crippen LogP contribution in [0, 0.1) is 5.92 Å². The van der Waals surface area contributed by atoms with Crippen molar-refractivity contribution in [1.29, 1.82) is 0 Å². The molecule has 9 nitrogen and oxygen atoms in total. The van der Waals surface area contributed by atoms with Crippen molar-refractivity contribution >= 4 is 40.6 Å². The fraction of sp³-hybridized carbons (Fsp3) is 0.433. The zero-order chi connectivity index (χ0) is 27.3. The molecule has 2 saturated heterocycles. The molecular weight excluding hydrogens is 522 g/mol. The number of aromatic nitrogens is 2. The Kier molecular flexibility index (Phi) is 8.04. The first-order valence-electron chi connectivity index (χ1n) is 14.2. The summed E-state index contributed by atoms with van der Waals surface area (Å²) in [6, 6.07) is 18.7. The molecular formula is C30H37N7O2S. The van der Waals surface area contributed by atoms with Crippen molar-refractivity contribution in [3.8, 4) is 11.5 Å². The van der Waals surface area contributed by atoms with Crippen LogP contribution in [-0.4, -0.2) is 67.6 Å². The van der Waals surface area contributed by atoms with Crippen molar-refractivity contribution in [2.75, 3.05) is 72.5 Å². The third-order valence-electron chi connectivity index (χ3n) is 7.69. The summed E-state index contributed by atoms with van der Waals surface area (Å²) < 4.78 is 11.3. The van der Waals surface area contributed by atoms with E-state index in [0.29, 0.717) is 36.7 Å². The van der Waals surface area contributed by atoms with Crippen LogP contribution in [0.5, 0.6) is 11.5 Å². The first-order chi connectivity index (χ1) is 19.6.